The lowest BCUT2D eigenvalue weighted by molar-refractivity contribution is 0.0937. The van der Waals surface area contributed by atoms with Gasteiger partial charge in [0.05, 0.1) is 12.8 Å². The third kappa shape index (κ3) is 5.09. The predicted octanol–water partition coefficient (Wildman–Crippen LogP) is 2.96. The summed E-state index contributed by atoms with van der Waals surface area (Å²) in [6, 6.07) is 14.8. The van der Waals surface area contributed by atoms with Gasteiger partial charge in [-0.2, -0.15) is 3.97 Å². The highest BCUT2D eigenvalue weighted by Crippen LogP contribution is 2.29. The summed E-state index contributed by atoms with van der Waals surface area (Å²) < 4.78 is 34.3. The minimum absolute atomic E-state index is 0.274. The Hall–Kier alpha value is -2.65. The van der Waals surface area contributed by atoms with Gasteiger partial charge in [-0.15, -0.1) is 0 Å². The maximum atomic E-state index is 14.4. The van der Waals surface area contributed by atoms with Crippen LogP contribution < -0.4 is 10.6 Å². The lowest BCUT2D eigenvalue weighted by atomic mass is 10.1. The standard InChI is InChI=1S/C22H24FN3O3S/c1-24-14-16-12-21(19-8-3-4-9-20(19)23)26(15-16)30(28)18-7-5-6-17(13-18)22(27)25-10-11-29-2/h3-9,12-13,15,24H,10-11,14H2,1-2H3,(H,25,27). The van der Waals surface area contributed by atoms with E-state index >= 15 is 0 Å². The molecule has 8 heteroatoms. The molecule has 1 amide bonds. The molecule has 158 valence electrons. The molecule has 2 aromatic carbocycles. The molecule has 0 radical (unpaired) electrons. The topological polar surface area (TPSA) is 78.3 Å². The van der Waals surface area contributed by atoms with Crippen molar-refractivity contribution in [2.45, 2.75) is 11.4 Å². The summed E-state index contributed by atoms with van der Waals surface area (Å²) in [4.78, 5) is 12.8. The molecule has 1 unspecified atom stereocenters. The van der Waals surface area contributed by atoms with E-state index in [9.17, 15) is 13.7 Å². The SMILES string of the molecule is CNCc1cc(-c2ccccc2F)n([S+]([O-])c2cccc(C(=O)NCCOC)c2)c1. The van der Waals surface area contributed by atoms with Crippen LogP contribution in [-0.2, 0) is 22.6 Å². The number of amides is 1. The van der Waals surface area contributed by atoms with Crippen LogP contribution in [0.4, 0.5) is 4.39 Å². The smallest absolute Gasteiger partial charge is 0.251 e. The Kier molecular flexibility index (Phi) is 7.64. The molecule has 6 nitrogen and oxygen atoms in total. The normalized spacial score (nSPS) is 12.0. The highest BCUT2D eigenvalue weighted by Gasteiger charge is 2.23. The van der Waals surface area contributed by atoms with Crippen molar-refractivity contribution in [1.29, 1.82) is 0 Å². The fourth-order valence-electron chi connectivity index (χ4n) is 3.03. The molecule has 3 rings (SSSR count). The van der Waals surface area contributed by atoms with Crippen LogP contribution in [0, 0.1) is 5.82 Å². The fourth-order valence-corrected chi connectivity index (χ4v) is 4.24. The molecule has 3 aromatic rings. The van der Waals surface area contributed by atoms with E-state index in [-0.39, 0.29) is 5.91 Å². The summed E-state index contributed by atoms with van der Waals surface area (Å²) in [5, 5.41) is 5.79. The molecular formula is C22H24FN3O3S. The molecule has 0 fully saturated rings. The number of carbonyl (C=O) groups is 1. The molecule has 1 atom stereocenters. The van der Waals surface area contributed by atoms with Gasteiger partial charge in [0, 0.05) is 37.4 Å². The third-order valence-electron chi connectivity index (χ3n) is 4.44. The lowest BCUT2D eigenvalue weighted by Crippen LogP contribution is -2.27. The monoisotopic (exact) mass is 429 g/mol. The summed E-state index contributed by atoms with van der Waals surface area (Å²) in [6.07, 6.45) is 1.74. The maximum Gasteiger partial charge on any atom is 0.251 e. The van der Waals surface area contributed by atoms with Crippen molar-refractivity contribution in [3.8, 4) is 11.3 Å². The van der Waals surface area contributed by atoms with E-state index in [1.165, 1.54) is 10.0 Å². The number of nitrogens with one attached hydrogen (secondary N) is 2. The number of halogens is 1. The number of carbonyl (C=O) groups excluding carboxylic acids is 1. The molecule has 1 heterocycles. The third-order valence-corrected chi connectivity index (χ3v) is 5.76. The van der Waals surface area contributed by atoms with Crippen molar-refractivity contribution in [3.63, 3.8) is 0 Å². The molecule has 0 aliphatic carbocycles. The van der Waals surface area contributed by atoms with Crippen LogP contribution in [0.1, 0.15) is 15.9 Å². The molecule has 2 N–H and O–H groups in total. The Labute approximate surface area is 178 Å². The summed E-state index contributed by atoms with van der Waals surface area (Å²) in [5.41, 5.74) is 2.14. The fraction of sp³-hybridized carbons (Fsp3) is 0.227. The van der Waals surface area contributed by atoms with E-state index in [1.807, 2.05) is 13.1 Å². The van der Waals surface area contributed by atoms with E-state index in [0.717, 1.165) is 5.56 Å². The number of nitrogens with zero attached hydrogens (tertiary/aromatic N) is 1. The predicted molar refractivity (Wildman–Crippen MR) is 115 cm³/mol. The van der Waals surface area contributed by atoms with Crippen molar-refractivity contribution < 1.29 is 18.5 Å². The Bertz CT molecular complexity index is 1010. The van der Waals surface area contributed by atoms with Crippen LogP contribution in [0.25, 0.3) is 11.3 Å². The van der Waals surface area contributed by atoms with Gasteiger partial charge < -0.3 is 19.9 Å². The number of rotatable bonds is 9. The molecule has 0 aliphatic heterocycles. The molecule has 0 saturated heterocycles. The Balaban J connectivity index is 1.95. The summed E-state index contributed by atoms with van der Waals surface area (Å²) in [5.74, 6) is -0.667. The van der Waals surface area contributed by atoms with Gasteiger partial charge in [-0.3, -0.25) is 4.79 Å². The summed E-state index contributed by atoms with van der Waals surface area (Å²) >= 11 is -1.67. The zero-order valence-electron chi connectivity index (χ0n) is 16.9. The lowest BCUT2D eigenvalue weighted by Gasteiger charge is -2.14. The van der Waals surface area contributed by atoms with Gasteiger partial charge >= 0.3 is 0 Å². The highest BCUT2D eigenvalue weighted by atomic mass is 32.2. The van der Waals surface area contributed by atoms with Crippen molar-refractivity contribution >= 4 is 17.3 Å². The quantitative estimate of drug-likeness (QED) is 0.405. The number of ether oxygens (including phenoxy) is 1. The number of aromatic nitrogens is 1. The Morgan fingerprint density at radius 2 is 2.00 bits per heavy atom. The average Bonchev–Trinajstić information content (AvgIpc) is 3.17. The van der Waals surface area contributed by atoms with Gasteiger partial charge in [0.1, 0.15) is 22.9 Å². The first-order valence-corrected chi connectivity index (χ1v) is 10.6. The van der Waals surface area contributed by atoms with Crippen LogP contribution in [0.3, 0.4) is 0 Å². The van der Waals surface area contributed by atoms with Crippen LogP contribution in [-0.4, -0.2) is 41.7 Å². The van der Waals surface area contributed by atoms with Gasteiger partial charge in [-0.25, -0.2) is 4.39 Å². The minimum atomic E-state index is -1.67. The molecule has 0 spiro atoms. The molecule has 30 heavy (non-hydrogen) atoms. The van der Waals surface area contributed by atoms with Crippen LogP contribution >= 0.6 is 0 Å². The van der Waals surface area contributed by atoms with Crippen LogP contribution in [0.2, 0.25) is 0 Å². The second kappa shape index (κ2) is 10.4. The largest absolute Gasteiger partial charge is 0.587 e. The van der Waals surface area contributed by atoms with Gasteiger partial charge in [0.2, 0.25) is 0 Å². The summed E-state index contributed by atoms with van der Waals surface area (Å²) in [6.45, 7) is 1.33. The van der Waals surface area contributed by atoms with Crippen LogP contribution in [0.5, 0.6) is 0 Å². The van der Waals surface area contributed by atoms with E-state index in [4.69, 9.17) is 4.74 Å². The number of hydrogen-bond donors (Lipinski definition) is 2. The Morgan fingerprint density at radius 3 is 2.73 bits per heavy atom. The number of hydrogen-bond acceptors (Lipinski definition) is 4. The molecule has 1 aromatic heterocycles. The van der Waals surface area contributed by atoms with Crippen molar-refractivity contribution in [3.05, 3.63) is 77.7 Å². The second-order valence-electron chi connectivity index (χ2n) is 6.60. The molecule has 0 bridgehead atoms. The van der Waals surface area contributed by atoms with E-state index < -0.39 is 17.2 Å². The maximum absolute atomic E-state index is 14.4. The Morgan fingerprint density at radius 1 is 1.20 bits per heavy atom. The number of benzene rings is 2. The zero-order chi connectivity index (χ0) is 21.5. The van der Waals surface area contributed by atoms with Crippen LogP contribution in [0.15, 0.2) is 65.7 Å². The molecule has 0 saturated carbocycles. The van der Waals surface area contributed by atoms with Crippen molar-refractivity contribution in [2.24, 2.45) is 0 Å². The second-order valence-corrected chi connectivity index (χ2v) is 7.96. The van der Waals surface area contributed by atoms with Crippen molar-refractivity contribution in [1.82, 2.24) is 14.6 Å². The first kappa shape index (κ1) is 22.0. The molecular weight excluding hydrogens is 405 g/mol. The average molecular weight is 430 g/mol. The first-order chi connectivity index (χ1) is 14.5. The van der Waals surface area contributed by atoms with Gasteiger partial charge in [0.15, 0.2) is 4.90 Å². The number of methoxy groups -OCH3 is 1. The van der Waals surface area contributed by atoms with Gasteiger partial charge in [-0.05, 0) is 42.9 Å². The minimum Gasteiger partial charge on any atom is -0.587 e. The van der Waals surface area contributed by atoms with E-state index in [1.54, 1.807) is 55.8 Å². The van der Waals surface area contributed by atoms with E-state index in [0.29, 0.717) is 41.4 Å². The summed E-state index contributed by atoms with van der Waals surface area (Å²) in [7, 11) is 3.37. The first-order valence-electron chi connectivity index (χ1n) is 9.45. The van der Waals surface area contributed by atoms with E-state index in [2.05, 4.69) is 10.6 Å². The molecule has 0 aliphatic rings. The van der Waals surface area contributed by atoms with Crippen molar-refractivity contribution in [2.75, 3.05) is 27.3 Å². The van der Waals surface area contributed by atoms with Gasteiger partial charge in [-0.1, -0.05) is 18.2 Å². The zero-order valence-corrected chi connectivity index (χ0v) is 17.7. The van der Waals surface area contributed by atoms with Gasteiger partial charge in [0.25, 0.3) is 5.91 Å². The highest BCUT2D eigenvalue weighted by molar-refractivity contribution is 7.90.